The summed E-state index contributed by atoms with van der Waals surface area (Å²) in [6.45, 7) is 0. The molecule has 2 aromatic carbocycles. The molecular formula is C19H20F2N2O3S. The summed E-state index contributed by atoms with van der Waals surface area (Å²) in [6.07, 6.45) is 2.23. The Morgan fingerprint density at radius 3 is 2.44 bits per heavy atom. The molecule has 0 fully saturated rings. The van der Waals surface area contributed by atoms with Gasteiger partial charge in [0.15, 0.2) is 0 Å². The van der Waals surface area contributed by atoms with Crippen LogP contribution in [0.15, 0.2) is 42.5 Å². The molecule has 144 valence electrons. The number of amides is 2. The number of benzene rings is 2. The number of hydrogen-bond acceptors (Lipinski definition) is 4. The Morgan fingerprint density at radius 1 is 1.15 bits per heavy atom. The van der Waals surface area contributed by atoms with Crippen LogP contribution in [0, 0.1) is 11.6 Å². The Morgan fingerprint density at radius 2 is 1.85 bits per heavy atom. The Labute approximate surface area is 160 Å². The molecule has 1 atom stereocenters. The maximum atomic E-state index is 13.8. The quantitative estimate of drug-likeness (QED) is 0.720. The van der Waals surface area contributed by atoms with Crippen LogP contribution in [-0.2, 0) is 4.79 Å². The molecule has 0 radical (unpaired) electrons. The van der Waals surface area contributed by atoms with Gasteiger partial charge in [-0.2, -0.15) is 11.8 Å². The normalized spacial score (nSPS) is 11.6. The minimum atomic E-state index is -0.881. The van der Waals surface area contributed by atoms with Gasteiger partial charge in [-0.15, -0.1) is 0 Å². The van der Waals surface area contributed by atoms with E-state index in [1.165, 1.54) is 18.9 Å². The number of thioether (sulfide) groups is 1. The van der Waals surface area contributed by atoms with Gasteiger partial charge in [-0.25, -0.2) is 8.78 Å². The Kier molecular flexibility index (Phi) is 7.60. The molecule has 27 heavy (non-hydrogen) atoms. The highest BCUT2D eigenvalue weighted by Crippen LogP contribution is 2.16. The zero-order valence-electron chi connectivity index (χ0n) is 14.9. The van der Waals surface area contributed by atoms with Crippen molar-refractivity contribution in [2.24, 2.45) is 0 Å². The smallest absolute Gasteiger partial charge is 0.251 e. The monoisotopic (exact) mass is 394 g/mol. The number of carbonyl (C=O) groups excluding carboxylic acids is 2. The SMILES string of the molecule is COc1ccc(C(=O)N[C@@H](CCSC)C(=O)Nc2ccc(F)cc2F)cc1. The number of hydrogen-bond donors (Lipinski definition) is 2. The van der Waals surface area contributed by atoms with E-state index < -0.39 is 29.5 Å². The van der Waals surface area contributed by atoms with Crippen molar-refractivity contribution in [2.75, 3.05) is 24.4 Å². The summed E-state index contributed by atoms with van der Waals surface area (Å²) >= 11 is 1.52. The molecule has 2 aromatic rings. The first-order valence-corrected chi connectivity index (χ1v) is 9.53. The first-order valence-electron chi connectivity index (χ1n) is 8.14. The van der Waals surface area contributed by atoms with Crippen LogP contribution in [0.25, 0.3) is 0 Å². The maximum Gasteiger partial charge on any atom is 0.251 e. The third kappa shape index (κ3) is 5.96. The first-order chi connectivity index (χ1) is 12.9. The van der Waals surface area contributed by atoms with Gasteiger partial charge in [0.2, 0.25) is 5.91 Å². The molecule has 0 aliphatic heterocycles. The second-order valence-electron chi connectivity index (χ2n) is 5.65. The van der Waals surface area contributed by atoms with Crippen molar-refractivity contribution < 1.29 is 23.1 Å². The molecule has 0 aliphatic rings. The van der Waals surface area contributed by atoms with Crippen LogP contribution in [0.1, 0.15) is 16.8 Å². The maximum absolute atomic E-state index is 13.8. The molecular weight excluding hydrogens is 374 g/mol. The van der Waals surface area contributed by atoms with Gasteiger partial charge in [0.25, 0.3) is 5.91 Å². The van der Waals surface area contributed by atoms with Crippen LogP contribution in [0.5, 0.6) is 5.75 Å². The average Bonchev–Trinajstić information content (AvgIpc) is 2.67. The highest BCUT2D eigenvalue weighted by molar-refractivity contribution is 7.98. The predicted octanol–water partition coefficient (Wildman–Crippen LogP) is 3.46. The lowest BCUT2D eigenvalue weighted by Crippen LogP contribution is -2.44. The fraction of sp³-hybridized carbons (Fsp3) is 0.263. The molecule has 0 spiro atoms. The highest BCUT2D eigenvalue weighted by atomic mass is 32.2. The van der Waals surface area contributed by atoms with E-state index >= 15 is 0 Å². The summed E-state index contributed by atoms with van der Waals surface area (Å²) < 4.78 is 31.8. The van der Waals surface area contributed by atoms with Gasteiger partial charge in [-0.1, -0.05) is 0 Å². The third-order valence-electron chi connectivity index (χ3n) is 3.77. The van der Waals surface area contributed by atoms with E-state index in [-0.39, 0.29) is 5.69 Å². The van der Waals surface area contributed by atoms with E-state index in [4.69, 9.17) is 4.74 Å². The second kappa shape index (κ2) is 9.91. The number of ether oxygens (including phenoxy) is 1. The molecule has 0 heterocycles. The van der Waals surface area contributed by atoms with E-state index in [2.05, 4.69) is 10.6 Å². The predicted molar refractivity (Wildman–Crippen MR) is 102 cm³/mol. The number of methoxy groups -OCH3 is 1. The standard InChI is InChI=1S/C19H20F2N2O3S/c1-26-14-6-3-12(4-7-14)18(24)23-17(9-10-27-2)19(25)22-16-8-5-13(20)11-15(16)21/h3-8,11,17H,9-10H2,1-2H3,(H,22,25)(H,23,24)/t17-/m0/s1. The summed E-state index contributed by atoms with van der Waals surface area (Å²) in [4.78, 5) is 24.9. The van der Waals surface area contributed by atoms with Gasteiger partial charge < -0.3 is 15.4 Å². The second-order valence-corrected chi connectivity index (χ2v) is 6.64. The number of carbonyl (C=O) groups is 2. The summed E-state index contributed by atoms with van der Waals surface area (Å²) in [5, 5.41) is 5.05. The summed E-state index contributed by atoms with van der Waals surface area (Å²) in [7, 11) is 1.52. The van der Waals surface area contributed by atoms with Gasteiger partial charge in [0.1, 0.15) is 23.4 Å². The van der Waals surface area contributed by atoms with Gasteiger partial charge in [0.05, 0.1) is 12.8 Å². The Hall–Kier alpha value is -2.61. The van der Waals surface area contributed by atoms with Crippen molar-refractivity contribution in [1.82, 2.24) is 5.32 Å². The molecule has 0 aliphatic carbocycles. The number of rotatable bonds is 8. The lowest BCUT2D eigenvalue weighted by atomic mass is 10.1. The Balaban J connectivity index is 2.10. The van der Waals surface area contributed by atoms with Crippen molar-refractivity contribution in [3.05, 3.63) is 59.7 Å². The van der Waals surface area contributed by atoms with Crippen LogP contribution >= 0.6 is 11.8 Å². The molecule has 0 bridgehead atoms. The average molecular weight is 394 g/mol. The number of nitrogens with one attached hydrogen (secondary N) is 2. The van der Waals surface area contributed by atoms with E-state index in [1.807, 2.05) is 6.26 Å². The Bertz CT molecular complexity index is 800. The highest BCUT2D eigenvalue weighted by Gasteiger charge is 2.22. The lowest BCUT2D eigenvalue weighted by Gasteiger charge is -2.18. The van der Waals surface area contributed by atoms with E-state index in [9.17, 15) is 18.4 Å². The van der Waals surface area contributed by atoms with Crippen molar-refractivity contribution >= 4 is 29.3 Å². The minimum absolute atomic E-state index is 0.144. The molecule has 2 N–H and O–H groups in total. The molecule has 8 heteroatoms. The van der Waals surface area contributed by atoms with E-state index in [0.29, 0.717) is 29.6 Å². The third-order valence-corrected chi connectivity index (χ3v) is 4.42. The number of halogens is 2. The van der Waals surface area contributed by atoms with Gasteiger partial charge in [-0.05, 0) is 54.8 Å². The van der Waals surface area contributed by atoms with Crippen LogP contribution in [0.3, 0.4) is 0 Å². The molecule has 0 aromatic heterocycles. The lowest BCUT2D eigenvalue weighted by molar-refractivity contribution is -0.118. The molecule has 0 saturated heterocycles. The van der Waals surface area contributed by atoms with Crippen LogP contribution in [0.4, 0.5) is 14.5 Å². The van der Waals surface area contributed by atoms with Crippen LogP contribution in [0.2, 0.25) is 0 Å². The summed E-state index contributed by atoms with van der Waals surface area (Å²) in [5.41, 5.74) is 0.222. The van der Waals surface area contributed by atoms with Crippen molar-refractivity contribution in [3.63, 3.8) is 0 Å². The zero-order valence-corrected chi connectivity index (χ0v) is 15.7. The molecule has 0 saturated carbocycles. The molecule has 2 rings (SSSR count). The van der Waals surface area contributed by atoms with Crippen molar-refractivity contribution in [1.29, 1.82) is 0 Å². The number of anilines is 1. The van der Waals surface area contributed by atoms with Gasteiger partial charge >= 0.3 is 0 Å². The van der Waals surface area contributed by atoms with Gasteiger partial charge in [-0.3, -0.25) is 9.59 Å². The summed E-state index contributed by atoms with van der Waals surface area (Å²) in [5.74, 6) is -1.40. The van der Waals surface area contributed by atoms with Gasteiger partial charge in [0, 0.05) is 11.6 Å². The van der Waals surface area contributed by atoms with E-state index in [1.54, 1.807) is 24.3 Å². The largest absolute Gasteiger partial charge is 0.497 e. The zero-order chi connectivity index (χ0) is 19.8. The molecule has 2 amide bonds. The fourth-order valence-corrected chi connectivity index (χ4v) is 2.77. The van der Waals surface area contributed by atoms with Crippen molar-refractivity contribution in [2.45, 2.75) is 12.5 Å². The van der Waals surface area contributed by atoms with Crippen molar-refractivity contribution in [3.8, 4) is 5.75 Å². The van der Waals surface area contributed by atoms with Crippen LogP contribution in [-0.4, -0.2) is 37.0 Å². The topological polar surface area (TPSA) is 67.4 Å². The van der Waals surface area contributed by atoms with Crippen LogP contribution < -0.4 is 15.4 Å². The first kappa shape index (κ1) is 20.7. The fourth-order valence-electron chi connectivity index (χ4n) is 2.30. The molecule has 5 nitrogen and oxygen atoms in total. The summed E-state index contributed by atoms with van der Waals surface area (Å²) in [6, 6.07) is 8.44. The molecule has 0 unspecified atom stereocenters. The van der Waals surface area contributed by atoms with E-state index in [0.717, 1.165) is 12.1 Å². The minimum Gasteiger partial charge on any atom is -0.497 e.